The first kappa shape index (κ1) is 24.6. The standard InChI is InChI=1S/C20H24F3N3O4S2/c1-10-17(32-16(8-27)24-10)12-9-31-15(25-12)6-14(28)13-5-11(20(21,22)23)7-26(13)18(29)30-19(2,3)4/h9,11,13,27H,5-8H2,1-4H3/t11-,13?/m0/s1. The molecule has 3 rings (SSSR count). The molecule has 7 nitrogen and oxygen atoms in total. The van der Waals surface area contributed by atoms with Gasteiger partial charge < -0.3 is 9.84 Å². The molecule has 0 aromatic carbocycles. The fourth-order valence-corrected chi connectivity index (χ4v) is 5.18. The first-order valence-electron chi connectivity index (χ1n) is 9.89. The lowest BCUT2D eigenvalue weighted by Crippen LogP contribution is -2.44. The molecule has 2 atom stereocenters. The zero-order chi connectivity index (χ0) is 23.8. The number of aliphatic hydroxyl groups is 1. The maximum Gasteiger partial charge on any atom is 0.410 e. The molecule has 32 heavy (non-hydrogen) atoms. The largest absolute Gasteiger partial charge is 0.444 e. The van der Waals surface area contributed by atoms with Crippen LogP contribution in [0.5, 0.6) is 0 Å². The Morgan fingerprint density at radius 3 is 2.50 bits per heavy atom. The number of ketones is 1. The van der Waals surface area contributed by atoms with Gasteiger partial charge in [-0.2, -0.15) is 13.2 Å². The first-order valence-corrected chi connectivity index (χ1v) is 11.6. The van der Waals surface area contributed by atoms with Gasteiger partial charge in [0, 0.05) is 11.9 Å². The Morgan fingerprint density at radius 2 is 1.94 bits per heavy atom. The van der Waals surface area contributed by atoms with Crippen LogP contribution in [0.15, 0.2) is 5.38 Å². The molecule has 0 spiro atoms. The molecule has 0 bridgehead atoms. The molecular formula is C20H24F3N3O4S2. The number of hydrogen-bond acceptors (Lipinski definition) is 8. The summed E-state index contributed by atoms with van der Waals surface area (Å²) in [5, 5.41) is 12.0. The van der Waals surface area contributed by atoms with Crippen LogP contribution >= 0.6 is 22.7 Å². The van der Waals surface area contributed by atoms with Crippen molar-refractivity contribution < 1.29 is 32.6 Å². The van der Waals surface area contributed by atoms with Gasteiger partial charge >= 0.3 is 12.3 Å². The minimum absolute atomic E-state index is 0.191. The molecule has 1 fully saturated rings. The van der Waals surface area contributed by atoms with Crippen LogP contribution in [-0.4, -0.2) is 56.2 Å². The van der Waals surface area contributed by atoms with Gasteiger partial charge in [0.2, 0.25) is 0 Å². The number of rotatable bonds is 5. The molecule has 176 valence electrons. The number of carbonyl (C=O) groups excluding carboxylic acids is 2. The number of halogens is 3. The zero-order valence-electron chi connectivity index (χ0n) is 18.0. The summed E-state index contributed by atoms with van der Waals surface area (Å²) in [6.45, 7) is 5.81. The molecule has 1 aliphatic heterocycles. The number of aliphatic hydroxyl groups excluding tert-OH is 1. The van der Waals surface area contributed by atoms with E-state index in [1.807, 2.05) is 0 Å². The normalized spacial score (nSPS) is 19.4. The lowest BCUT2D eigenvalue weighted by atomic mass is 10.0. The summed E-state index contributed by atoms with van der Waals surface area (Å²) in [4.78, 5) is 35.7. The van der Waals surface area contributed by atoms with Crippen molar-refractivity contribution in [1.82, 2.24) is 14.9 Å². The molecule has 1 N–H and O–H groups in total. The van der Waals surface area contributed by atoms with E-state index in [-0.39, 0.29) is 13.0 Å². The number of amides is 1. The topological polar surface area (TPSA) is 92.6 Å². The Labute approximate surface area is 191 Å². The van der Waals surface area contributed by atoms with Gasteiger partial charge in [-0.15, -0.1) is 22.7 Å². The molecule has 1 saturated heterocycles. The summed E-state index contributed by atoms with van der Waals surface area (Å²) in [6, 6.07) is -1.23. The Bertz CT molecular complexity index is 997. The molecule has 1 aliphatic rings. The number of thiazole rings is 2. The molecular weight excluding hydrogens is 467 g/mol. The van der Waals surface area contributed by atoms with E-state index in [9.17, 15) is 27.9 Å². The van der Waals surface area contributed by atoms with Crippen LogP contribution in [0, 0.1) is 12.8 Å². The van der Waals surface area contributed by atoms with E-state index >= 15 is 0 Å². The van der Waals surface area contributed by atoms with Gasteiger partial charge in [-0.05, 0) is 34.1 Å². The summed E-state index contributed by atoms with van der Waals surface area (Å²) in [5.74, 6) is -2.30. The summed E-state index contributed by atoms with van der Waals surface area (Å²) >= 11 is 2.50. The van der Waals surface area contributed by atoms with E-state index in [0.29, 0.717) is 21.4 Å². The predicted molar refractivity (Wildman–Crippen MR) is 113 cm³/mol. The number of aromatic nitrogens is 2. The van der Waals surface area contributed by atoms with Crippen molar-refractivity contribution in [2.75, 3.05) is 6.54 Å². The van der Waals surface area contributed by atoms with Gasteiger partial charge in [0.15, 0.2) is 5.78 Å². The Balaban J connectivity index is 1.77. The minimum atomic E-state index is -4.52. The van der Waals surface area contributed by atoms with Crippen molar-refractivity contribution in [3.8, 4) is 10.6 Å². The minimum Gasteiger partial charge on any atom is -0.444 e. The van der Waals surface area contributed by atoms with Crippen molar-refractivity contribution in [3.63, 3.8) is 0 Å². The van der Waals surface area contributed by atoms with Crippen LogP contribution in [-0.2, 0) is 22.6 Å². The molecule has 0 saturated carbocycles. The van der Waals surface area contributed by atoms with Gasteiger partial charge in [0.25, 0.3) is 0 Å². The molecule has 12 heteroatoms. The van der Waals surface area contributed by atoms with Crippen LogP contribution in [0.4, 0.5) is 18.0 Å². The Hall–Kier alpha value is -2.05. The molecule has 1 amide bonds. The van der Waals surface area contributed by atoms with Crippen molar-refractivity contribution in [3.05, 3.63) is 21.1 Å². The number of alkyl halides is 3. The molecule has 1 unspecified atom stereocenters. The average Bonchev–Trinajstić information content (AvgIpc) is 3.37. The second-order valence-corrected chi connectivity index (χ2v) is 10.6. The van der Waals surface area contributed by atoms with Crippen molar-refractivity contribution in [2.24, 2.45) is 5.92 Å². The predicted octanol–water partition coefficient (Wildman–Crippen LogP) is 4.37. The summed E-state index contributed by atoms with van der Waals surface area (Å²) in [5.41, 5.74) is 0.392. The average molecular weight is 492 g/mol. The van der Waals surface area contributed by atoms with Crippen LogP contribution in [0.1, 0.15) is 42.9 Å². The lowest BCUT2D eigenvalue weighted by molar-refractivity contribution is -0.170. The first-order chi connectivity index (χ1) is 14.8. The number of aryl methyl sites for hydroxylation is 1. The molecule has 2 aromatic rings. The fourth-order valence-electron chi connectivity index (χ4n) is 3.42. The van der Waals surface area contributed by atoms with Crippen molar-refractivity contribution in [2.45, 2.75) is 65.0 Å². The number of Topliss-reactive ketones (excluding diaryl/α,β-unsaturated/α-hetero) is 1. The highest BCUT2D eigenvalue weighted by Gasteiger charge is 2.51. The van der Waals surface area contributed by atoms with Gasteiger partial charge in [-0.25, -0.2) is 14.8 Å². The fraction of sp³-hybridized carbons (Fsp3) is 0.600. The Kier molecular flexibility index (Phi) is 6.97. The molecule has 2 aromatic heterocycles. The van der Waals surface area contributed by atoms with Gasteiger partial charge in [0.1, 0.15) is 15.6 Å². The SMILES string of the molecule is Cc1nc(CO)sc1-c1csc(CC(=O)C2C[C@H](C(F)(F)F)CN2C(=O)OC(C)(C)C)n1. The van der Waals surface area contributed by atoms with Crippen molar-refractivity contribution in [1.29, 1.82) is 0 Å². The van der Waals surface area contributed by atoms with Crippen LogP contribution in [0.3, 0.4) is 0 Å². The monoisotopic (exact) mass is 491 g/mol. The number of nitrogens with zero attached hydrogens (tertiary/aromatic N) is 3. The van der Waals surface area contributed by atoms with E-state index in [0.717, 1.165) is 9.78 Å². The quantitative estimate of drug-likeness (QED) is 0.668. The highest BCUT2D eigenvalue weighted by molar-refractivity contribution is 7.16. The third-order valence-electron chi connectivity index (χ3n) is 4.85. The van der Waals surface area contributed by atoms with Gasteiger partial charge in [0.05, 0.1) is 41.3 Å². The smallest absolute Gasteiger partial charge is 0.410 e. The number of likely N-dealkylation sites (tertiary alicyclic amines) is 1. The maximum absolute atomic E-state index is 13.3. The highest BCUT2D eigenvalue weighted by atomic mass is 32.1. The number of ether oxygens (including phenoxy) is 1. The molecule has 0 aliphatic carbocycles. The van der Waals surface area contributed by atoms with E-state index in [1.165, 1.54) is 22.7 Å². The van der Waals surface area contributed by atoms with Crippen molar-refractivity contribution >= 4 is 34.6 Å². The van der Waals surface area contributed by atoms with Crippen LogP contribution in [0.25, 0.3) is 10.6 Å². The van der Waals surface area contributed by atoms with E-state index in [2.05, 4.69) is 9.97 Å². The summed E-state index contributed by atoms with van der Waals surface area (Å²) in [6.07, 6.45) is -6.13. The molecule has 0 radical (unpaired) electrons. The second-order valence-electron chi connectivity index (χ2n) is 8.57. The van der Waals surface area contributed by atoms with Crippen LogP contribution in [0.2, 0.25) is 0 Å². The van der Waals surface area contributed by atoms with E-state index in [1.54, 1.807) is 33.1 Å². The third-order valence-corrected chi connectivity index (χ3v) is 6.86. The molecule has 3 heterocycles. The van der Waals surface area contributed by atoms with Gasteiger partial charge in [-0.3, -0.25) is 9.69 Å². The lowest BCUT2D eigenvalue weighted by Gasteiger charge is -2.28. The van der Waals surface area contributed by atoms with E-state index < -0.39 is 48.6 Å². The number of hydrogen-bond donors (Lipinski definition) is 1. The zero-order valence-corrected chi connectivity index (χ0v) is 19.7. The third kappa shape index (κ3) is 5.65. The second kappa shape index (κ2) is 9.06. The van der Waals surface area contributed by atoms with Gasteiger partial charge in [-0.1, -0.05) is 0 Å². The summed E-state index contributed by atoms with van der Waals surface area (Å²) in [7, 11) is 0. The van der Waals surface area contributed by atoms with E-state index in [4.69, 9.17) is 4.74 Å². The number of carbonyl (C=O) groups is 2. The summed E-state index contributed by atoms with van der Waals surface area (Å²) < 4.78 is 45.2. The maximum atomic E-state index is 13.3. The van der Waals surface area contributed by atoms with Crippen LogP contribution < -0.4 is 0 Å². The highest BCUT2D eigenvalue weighted by Crippen LogP contribution is 2.38. The Morgan fingerprint density at radius 1 is 1.25 bits per heavy atom.